The third kappa shape index (κ3) is 3.62. The molecule has 7 heteroatoms. The molecule has 0 spiro atoms. The van der Waals surface area contributed by atoms with Crippen LogP contribution >= 0.6 is 43.2 Å². The van der Waals surface area contributed by atoms with Gasteiger partial charge in [0.25, 0.3) is 5.91 Å². The number of rotatable bonds is 2. The predicted octanol–water partition coefficient (Wildman–Crippen LogP) is 2.91. The molecule has 1 aliphatic rings. The molecule has 0 radical (unpaired) electrons. The second kappa shape index (κ2) is 5.95. The van der Waals surface area contributed by atoms with Crippen molar-refractivity contribution in [3.8, 4) is 0 Å². The van der Waals surface area contributed by atoms with Gasteiger partial charge in [0.1, 0.15) is 0 Å². The maximum absolute atomic E-state index is 11.9. The SMILES string of the molecule is O=C(NC1CCS(=O)CC1)c1cc(Br)c(Br)s1. The molecule has 0 unspecified atom stereocenters. The molecule has 1 aliphatic heterocycles. The molecule has 1 N–H and O–H groups in total. The van der Waals surface area contributed by atoms with Crippen molar-refractivity contribution in [2.45, 2.75) is 18.9 Å². The van der Waals surface area contributed by atoms with Crippen LogP contribution in [0.3, 0.4) is 0 Å². The van der Waals surface area contributed by atoms with E-state index < -0.39 is 10.8 Å². The first-order valence-corrected chi connectivity index (χ1v) is 9.06. The van der Waals surface area contributed by atoms with Gasteiger partial charge in [-0.1, -0.05) is 0 Å². The van der Waals surface area contributed by atoms with Crippen molar-refractivity contribution in [2.24, 2.45) is 0 Å². The Morgan fingerprint density at radius 2 is 2.06 bits per heavy atom. The predicted molar refractivity (Wildman–Crippen MR) is 78.1 cm³/mol. The van der Waals surface area contributed by atoms with E-state index in [9.17, 15) is 9.00 Å². The average Bonchev–Trinajstić information content (AvgIpc) is 2.63. The summed E-state index contributed by atoms with van der Waals surface area (Å²) in [6.07, 6.45) is 1.62. The first kappa shape index (κ1) is 13.7. The molecular formula is C10H11Br2NO2S2. The Kier molecular flexibility index (Phi) is 4.80. The largest absolute Gasteiger partial charge is 0.349 e. The van der Waals surface area contributed by atoms with E-state index in [4.69, 9.17) is 0 Å². The first-order valence-electron chi connectivity index (χ1n) is 5.17. The van der Waals surface area contributed by atoms with Gasteiger partial charge in [0.2, 0.25) is 0 Å². The van der Waals surface area contributed by atoms with Crippen LogP contribution in [0.15, 0.2) is 14.3 Å². The highest BCUT2D eigenvalue weighted by molar-refractivity contribution is 9.13. The molecule has 0 aliphatic carbocycles. The van der Waals surface area contributed by atoms with Gasteiger partial charge >= 0.3 is 0 Å². The third-order valence-corrected chi connectivity index (χ3v) is 7.23. The average molecular weight is 401 g/mol. The van der Waals surface area contributed by atoms with Crippen molar-refractivity contribution in [1.29, 1.82) is 0 Å². The molecule has 1 aromatic heterocycles. The Balaban J connectivity index is 1.95. The summed E-state index contributed by atoms with van der Waals surface area (Å²) in [6.45, 7) is 0. The van der Waals surface area contributed by atoms with E-state index in [1.807, 2.05) is 6.07 Å². The summed E-state index contributed by atoms with van der Waals surface area (Å²) in [4.78, 5) is 12.6. The van der Waals surface area contributed by atoms with Crippen LogP contribution in [0.25, 0.3) is 0 Å². The molecule has 1 fully saturated rings. The summed E-state index contributed by atoms with van der Waals surface area (Å²) in [5.41, 5.74) is 0. The quantitative estimate of drug-likeness (QED) is 0.829. The number of nitrogens with one attached hydrogen (secondary N) is 1. The Morgan fingerprint density at radius 1 is 1.41 bits per heavy atom. The number of hydrogen-bond acceptors (Lipinski definition) is 3. The Labute approximate surface area is 123 Å². The number of carbonyl (C=O) groups is 1. The van der Waals surface area contributed by atoms with Gasteiger partial charge in [-0.25, -0.2) is 0 Å². The van der Waals surface area contributed by atoms with Crippen LogP contribution in [0.1, 0.15) is 22.5 Å². The minimum Gasteiger partial charge on any atom is -0.349 e. The lowest BCUT2D eigenvalue weighted by Gasteiger charge is -2.22. The summed E-state index contributed by atoms with van der Waals surface area (Å²) >= 11 is 8.14. The molecule has 17 heavy (non-hydrogen) atoms. The Bertz CT molecular complexity index is 432. The van der Waals surface area contributed by atoms with Gasteiger partial charge < -0.3 is 5.32 Å². The van der Waals surface area contributed by atoms with Gasteiger partial charge in [0, 0.05) is 32.8 Å². The normalized spacial score (nSPS) is 24.6. The van der Waals surface area contributed by atoms with Gasteiger partial charge in [-0.2, -0.15) is 0 Å². The van der Waals surface area contributed by atoms with Gasteiger partial charge in [-0.3, -0.25) is 9.00 Å². The lowest BCUT2D eigenvalue weighted by molar-refractivity contribution is 0.0938. The molecule has 3 nitrogen and oxygen atoms in total. The van der Waals surface area contributed by atoms with Gasteiger partial charge in [0.15, 0.2) is 0 Å². The first-order chi connectivity index (χ1) is 8.06. The second-order valence-electron chi connectivity index (χ2n) is 3.83. The summed E-state index contributed by atoms with van der Waals surface area (Å²) in [5, 5.41) is 2.99. The molecule has 1 amide bonds. The fourth-order valence-electron chi connectivity index (χ4n) is 1.65. The van der Waals surface area contributed by atoms with E-state index in [0.717, 1.165) is 21.1 Å². The van der Waals surface area contributed by atoms with Crippen LogP contribution in [0.4, 0.5) is 0 Å². The van der Waals surface area contributed by atoms with Crippen LogP contribution < -0.4 is 5.32 Å². The van der Waals surface area contributed by atoms with Crippen LogP contribution in [0, 0.1) is 0 Å². The molecular weight excluding hydrogens is 390 g/mol. The second-order valence-corrected chi connectivity index (χ2v) is 8.75. The van der Waals surface area contributed by atoms with Gasteiger partial charge in [0.05, 0.1) is 8.66 Å². The zero-order valence-corrected chi connectivity index (χ0v) is 13.7. The minimum absolute atomic E-state index is 0.0425. The highest BCUT2D eigenvalue weighted by Crippen LogP contribution is 2.32. The maximum Gasteiger partial charge on any atom is 0.261 e. The summed E-state index contributed by atoms with van der Waals surface area (Å²) in [6, 6.07) is 1.98. The lowest BCUT2D eigenvalue weighted by Crippen LogP contribution is -2.39. The van der Waals surface area contributed by atoms with E-state index in [1.54, 1.807) is 0 Å². The number of thiophene rings is 1. The molecule has 1 aromatic rings. The van der Waals surface area contributed by atoms with Gasteiger partial charge in [-0.05, 0) is 50.8 Å². The lowest BCUT2D eigenvalue weighted by atomic mass is 10.1. The van der Waals surface area contributed by atoms with Crippen molar-refractivity contribution in [2.75, 3.05) is 11.5 Å². The van der Waals surface area contributed by atoms with Crippen molar-refractivity contribution in [3.05, 3.63) is 19.2 Å². The van der Waals surface area contributed by atoms with E-state index in [0.29, 0.717) is 16.4 Å². The topological polar surface area (TPSA) is 46.2 Å². The van der Waals surface area contributed by atoms with Crippen molar-refractivity contribution in [1.82, 2.24) is 5.32 Å². The smallest absolute Gasteiger partial charge is 0.261 e. The zero-order valence-electron chi connectivity index (χ0n) is 8.87. The zero-order chi connectivity index (χ0) is 12.4. The summed E-state index contributed by atoms with van der Waals surface area (Å²) in [7, 11) is -0.683. The van der Waals surface area contributed by atoms with E-state index in [-0.39, 0.29) is 11.9 Å². The van der Waals surface area contributed by atoms with Gasteiger partial charge in [-0.15, -0.1) is 11.3 Å². The standard InChI is InChI=1S/C10H11Br2NO2S2/c11-7-5-8(16-9(7)12)10(14)13-6-1-3-17(15)4-2-6/h5-6H,1-4H2,(H,13,14). The Morgan fingerprint density at radius 3 is 2.59 bits per heavy atom. The van der Waals surface area contributed by atoms with E-state index in [2.05, 4.69) is 37.2 Å². The fourth-order valence-corrected chi connectivity index (χ4v) is 4.89. The molecule has 0 aromatic carbocycles. The van der Waals surface area contributed by atoms with Crippen molar-refractivity contribution in [3.63, 3.8) is 0 Å². The molecule has 2 rings (SSSR count). The van der Waals surface area contributed by atoms with Crippen LogP contribution in [-0.4, -0.2) is 27.7 Å². The molecule has 94 valence electrons. The summed E-state index contributed by atoms with van der Waals surface area (Å²) < 4.78 is 13.0. The monoisotopic (exact) mass is 399 g/mol. The molecule has 1 saturated heterocycles. The maximum atomic E-state index is 11.9. The minimum atomic E-state index is -0.683. The van der Waals surface area contributed by atoms with Crippen molar-refractivity contribution >= 4 is 59.9 Å². The Hall–Kier alpha value is 0.280. The number of hydrogen-bond donors (Lipinski definition) is 1. The third-order valence-electron chi connectivity index (χ3n) is 2.59. The molecule has 0 bridgehead atoms. The van der Waals surface area contributed by atoms with Crippen LogP contribution in [-0.2, 0) is 10.8 Å². The van der Waals surface area contributed by atoms with E-state index in [1.165, 1.54) is 11.3 Å². The number of amides is 1. The van der Waals surface area contributed by atoms with Crippen LogP contribution in [0.2, 0.25) is 0 Å². The highest BCUT2D eigenvalue weighted by atomic mass is 79.9. The van der Waals surface area contributed by atoms with Crippen molar-refractivity contribution < 1.29 is 9.00 Å². The molecule has 2 heterocycles. The summed E-state index contributed by atoms with van der Waals surface area (Å²) in [5.74, 6) is 1.35. The highest BCUT2D eigenvalue weighted by Gasteiger charge is 2.21. The number of halogens is 2. The van der Waals surface area contributed by atoms with Crippen LogP contribution in [0.5, 0.6) is 0 Å². The molecule has 0 atom stereocenters. The fraction of sp³-hybridized carbons (Fsp3) is 0.500. The number of carbonyl (C=O) groups excluding carboxylic acids is 1. The van der Waals surface area contributed by atoms with E-state index >= 15 is 0 Å². The molecule has 0 saturated carbocycles.